The Morgan fingerprint density at radius 3 is 2.47 bits per heavy atom. The molecule has 0 amide bonds. The molecular formula is C16H17ClFN. The van der Waals surface area contributed by atoms with Crippen LogP contribution in [0.25, 0.3) is 0 Å². The molecular weight excluding hydrogens is 261 g/mol. The maximum absolute atomic E-state index is 12.8. The predicted octanol–water partition coefficient (Wildman–Crippen LogP) is 4.37. The van der Waals surface area contributed by atoms with Crippen molar-refractivity contribution in [1.29, 1.82) is 0 Å². The van der Waals surface area contributed by atoms with Crippen molar-refractivity contribution in [1.82, 2.24) is 5.32 Å². The number of benzene rings is 2. The van der Waals surface area contributed by atoms with Gasteiger partial charge in [-0.15, -0.1) is 0 Å². The van der Waals surface area contributed by atoms with Gasteiger partial charge in [0.1, 0.15) is 5.82 Å². The van der Waals surface area contributed by atoms with Crippen LogP contribution in [0.4, 0.5) is 4.39 Å². The summed E-state index contributed by atoms with van der Waals surface area (Å²) in [5, 5.41) is 4.21. The van der Waals surface area contributed by atoms with Crippen LogP contribution in [0.2, 0.25) is 5.02 Å². The molecule has 1 atom stereocenters. The number of nitrogens with one attached hydrogen (secondary N) is 1. The Kier molecular flexibility index (Phi) is 4.94. The minimum Gasteiger partial charge on any atom is -0.310 e. The average molecular weight is 278 g/mol. The Morgan fingerprint density at radius 2 is 1.79 bits per heavy atom. The third kappa shape index (κ3) is 4.05. The molecule has 2 aromatic carbocycles. The SMILES string of the molecule is CC(NCCc1ccc(F)cc1)c1ccccc1Cl. The molecule has 2 aromatic rings. The van der Waals surface area contributed by atoms with E-state index in [-0.39, 0.29) is 11.9 Å². The van der Waals surface area contributed by atoms with E-state index in [0.717, 1.165) is 29.1 Å². The molecule has 0 aliphatic heterocycles. The lowest BCUT2D eigenvalue weighted by molar-refractivity contribution is 0.576. The van der Waals surface area contributed by atoms with Crippen LogP contribution in [0.3, 0.4) is 0 Å². The van der Waals surface area contributed by atoms with Crippen LogP contribution in [0, 0.1) is 5.82 Å². The first-order valence-corrected chi connectivity index (χ1v) is 6.77. The fourth-order valence-electron chi connectivity index (χ4n) is 2.02. The van der Waals surface area contributed by atoms with Crippen LogP contribution in [0.1, 0.15) is 24.1 Å². The van der Waals surface area contributed by atoms with Gasteiger partial charge in [-0.2, -0.15) is 0 Å². The van der Waals surface area contributed by atoms with Crippen LogP contribution in [-0.2, 0) is 6.42 Å². The van der Waals surface area contributed by atoms with Gasteiger partial charge in [-0.3, -0.25) is 0 Å². The van der Waals surface area contributed by atoms with Crippen molar-refractivity contribution in [3.05, 3.63) is 70.5 Å². The highest BCUT2D eigenvalue weighted by atomic mass is 35.5. The molecule has 0 bridgehead atoms. The lowest BCUT2D eigenvalue weighted by atomic mass is 10.1. The molecule has 3 heteroatoms. The molecule has 0 aliphatic rings. The molecule has 0 spiro atoms. The maximum Gasteiger partial charge on any atom is 0.123 e. The summed E-state index contributed by atoms with van der Waals surface area (Å²) in [7, 11) is 0. The first kappa shape index (κ1) is 14.0. The van der Waals surface area contributed by atoms with E-state index in [4.69, 9.17) is 11.6 Å². The first-order valence-electron chi connectivity index (χ1n) is 6.39. The van der Waals surface area contributed by atoms with Gasteiger partial charge in [-0.1, -0.05) is 41.9 Å². The minimum absolute atomic E-state index is 0.193. The van der Waals surface area contributed by atoms with Crippen molar-refractivity contribution in [3.63, 3.8) is 0 Å². The van der Waals surface area contributed by atoms with Gasteiger partial charge in [0, 0.05) is 11.1 Å². The molecule has 2 rings (SSSR count). The van der Waals surface area contributed by atoms with Gasteiger partial charge < -0.3 is 5.32 Å². The van der Waals surface area contributed by atoms with Gasteiger partial charge >= 0.3 is 0 Å². The van der Waals surface area contributed by atoms with Crippen LogP contribution < -0.4 is 5.32 Å². The van der Waals surface area contributed by atoms with E-state index in [9.17, 15) is 4.39 Å². The summed E-state index contributed by atoms with van der Waals surface area (Å²) in [6.45, 7) is 2.92. The fourth-order valence-corrected chi connectivity index (χ4v) is 2.32. The van der Waals surface area contributed by atoms with E-state index in [0.29, 0.717) is 0 Å². The fraction of sp³-hybridized carbons (Fsp3) is 0.250. The molecule has 0 heterocycles. The van der Waals surface area contributed by atoms with Crippen molar-refractivity contribution >= 4 is 11.6 Å². The van der Waals surface area contributed by atoms with E-state index in [2.05, 4.69) is 12.2 Å². The molecule has 0 radical (unpaired) electrons. The first-order chi connectivity index (χ1) is 9.16. The zero-order chi connectivity index (χ0) is 13.7. The molecule has 100 valence electrons. The Bertz CT molecular complexity index is 525. The molecule has 0 saturated heterocycles. The third-order valence-corrected chi connectivity index (χ3v) is 3.49. The van der Waals surface area contributed by atoms with Crippen LogP contribution in [0.5, 0.6) is 0 Å². The summed E-state index contributed by atoms with van der Waals surface area (Å²) in [5.41, 5.74) is 2.23. The van der Waals surface area contributed by atoms with Crippen molar-refractivity contribution in [2.75, 3.05) is 6.54 Å². The highest BCUT2D eigenvalue weighted by Gasteiger charge is 2.07. The summed E-state index contributed by atoms with van der Waals surface area (Å²) in [4.78, 5) is 0. The second-order valence-electron chi connectivity index (χ2n) is 4.57. The number of hydrogen-bond acceptors (Lipinski definition) is 1. The van der Waals surface area contributed by atoms with Gasteiger partial charge in [-0.25, -0.2) is 4.39 Å². The van der Waals surface area contributed by atoms with Gasteiger partial charge in [0.2, 0.25) is 0 Å². The van der Waals surface area contributed by atoms with E-state index >= 15 is 0 Å². The highest BCUT2D eigenvalue weighted by Crippen LogP contribution is 2.21. The Labute approximate surface area is 118 Å². The van der Waals surface area contributed by atoms with Crippen molar-refractivity contribution in [3.8, 4) is 0 Å². The van der Waals surface area contributed by atoms with E-state index in [1.54, 1.807) is 0 Å². The lowest BCUT2D eigenvalue weighted by Crippen LogP contribution is -2.21. The summed E-state index contributed by atoms with van der Waals surface area (Å²) in [6.07, 6.45) is 0.870. The monoisotopic (exact) mass is 277 g/mol. The third-order valence-electron chi connectivity index (χ3n) is 3.15. The van der Waals surface area contributed by atoms with Crippen molar-refractivity contribution in [2.45, 2.75) is 19.4 Å². The average Bonchev–Trinajstić information content (AvgIpc) is 2.41. The predicted molar refractivity (Wildman–Crippen MR) is 78.0 cm³/mol. The quantitative estimate of drug-likeness (QED) is 0.856. The standard InChI is InChI=1S/C16H17ClFN/c1-12(15-4-2-3-5-16(15)17)19-11-10-13-6-8-14(18)9-7-13/h2-9,12,19H,10-11H2,1H3. The van der Waals surface area contributed by atoms with E-state index in [1.807, 2.05) is 36.4 Å². The van der Waals surface area contributed by atoms with Crippen LogP contribution in [-0.4, -0.2) is 6.54 Å². The second kappa shape index (κ2) is 6.69. The summed E-state index contributed by atoms with van der Waals surface area (Å²) in [6, 6.07) is 14.7. The Morgan fingerprint density at radius 1 is 1.11 bits per heavy atom. The Balaban J connectivity index is 1.86. The second-order valence-corrected chi connectivity index (χ2v) is 4.98. The Hall–Kier alpha value is -1.38. The molecule has 1 nitrogen and oxygen atoms in total. The topological polar surface area (TPSA) is 12.0 Å². The largest absolute Gasteiger partial charge is 0.310 e. The van der Waals surface area contributed by atoms with Gasteiger partial charge in [-0.05, 0) is 49.2 Å². The number of hydrogen-bond donors (Lipinski definition) is 1. The zero-order valence-corrected chi connectivity index (χ0v) is 11.6. The molecule has 0 fully saturated rings. The minimum atomic E-state index is -0.193. The van der Waals surface area contributed by atoms with E-state index < -0.39 is 0 Å². The zero-order valence-electron chi connectivity index (χ0n) is 10.9. The smallest absolute Gasteiger partial charge is 0.123 e. The van der Waals surface area contributed by atoms with Gasteiger partial charge in [0.05, 0.1) is 0 Å². The highest BCUT2D eigenvalue weighted by molar-refractivity contribution is 6.31. The van der Waals surface area contributed by atoms with Crippen molar-refractivity contribution < 1.29 is 4.39 Å². The van der Waals surface area contributed by atoms with E-state index in [1.165, 1.54) is 12.1 Å². The molecule has 1 unspecified atom stereocenters. The number of halogens is 2. The lowest BCUT2D eigenvalue weighted by Gasteiger charge is -2.15. The van der Waals surface area contributed by atoms with Crippen LogP contribution >= 0.6 is 11.6 Å². The molecule has 0 saturated carbocycles. The summed E-state index contributed by atoms with van der Waals surface area (Å²) >= 11 is 6.15. The molecule has 0 aliphatic carbocycles. The molecule has 0 aromatic heterocycles. The summed E-state index contributed by atoms with van der Waals surface area (Å²) in [5.74, 6) is -0.193. The molecule has 1 N–H and O–H groups in total. The molecule has 19 heavy (non-hydrogen) atoms. The number of rotatable bonds is 5. The van der Waals surface area contributed by atoms with Gasteiger partial charge in [0.25, 0.3) is 0 Å². The van der Waals surface area contributed by atoms with Crippen molar-refractivity contribution in [2.24, 2.45) is 0 Å². The summed E-state index contributed by atoms with van der Waals surface area (Å²) < 4.78 is 12.8. The van der Waals surface area contributed by atoms with Crippen LogP contribution in [0.15, 0.2) is 48.5 Å². The van der Waals surface area contributed by atoms with Gasteiger partial charge in [0.15, 0.2) is 0 Å². The maximum atomic E-state index is 12.8. The normalized spacial score (nSPS) is 12.4.